The van der Waals surface area contributed by atoms with Gasteiger partial charge in [-0.2, -0.15) is 5.26 Å². The van der Waals surface area contributed by atoms with Gasteiger partial charge in [0.05, 0.1) is 62.9 Å². The maximum Gasteiger partial charge on any atom is 1.00 e. The second-order valence-corrected chi connectivity index (χ2v) is 12.9. The molecule has 2 aromatic carbocycles. The Kier molecular flexibility index (Phi) is 11.8. The molecule has 0 N–H and O–H groups in total. The molecule has 15 heteroatoms. The predicted octanol–water partition coefficient (Wildman–Crippen LogP) is 0.447. The quantitative estimate of drug-likeness (QED) is 0.118. The predicted molar refractivity (Wildman–Crippen MR) is 161 cm³/mol. The Labute approximate surface area is 280 Å². The van der Waals surface area contributed by atoms with Gasteiger partial charge in [-0.25, -0.2) is 30.8 Å². The second-order valence-electron chi connectivity index (χ2n) is 9.86. The summed E-state index contributed by atoms with van der Waals surface area (Å²) in [6, 6.07) is 12.7. The fraction of sp³-hybridized carbons (Fsp3) is 0.345. The van der Waals surface area contributed by atoms with E-state index in [1.54, 1.807) is 24.3 Å². The Morgan fingerprint density at radius 3 is 2.25 bits per heavy atom. The van der Waals surface area contributed by atoms with Gasteiger partial charge in [-0.15, -0.1) is 0 Å². The smallest absolute Gasteiger partial charge is 0.748 e. The summed E-state index contributed by atoms with van der Waals surface area (Å²) in [4.78, 5) is 7.44. The molecular formula is C29H31N6NaO6S2. The fourth-order valence-electron chi connectivity index (χ4n) is 5.36. The molecule has 1 aromatic heterocycles. The van der Waals surface area contributed by atoms with Crippen molar-refractivity contribution in [3.8, 4) is 6.07 Å². The first-order valence-corrected chi connectivity index (χ1v) is 16.8. The normalized spacial score (nSPS) is 14.2. The molecule has 1 aliphatic rings. The maximum atomic E-state index is 11.3. The number of anilines is 2. The van der Waals surface area contributed by atoms with Crippen molar-refractivity contribution < 1.29 is 60.1 Å². The Bertz CT molecular complexity index is 1910. The van der Waals surface area contributed by atoms with Crippen LogP contribution in [0.2, 0.25) is 0 Å². The molecule has 0 saturated heterocycles. The Hall–Kier alpha value is -3.21. The van der Waals surface area contributed by atoms with Crippen LogP contribution in [-0.2, 0) is 33.3 Å². The molecule has 226 valence electrons. The Morgan fingerprint density at radius 2 is 1.66 bits per heavy atom. The van der Waals surface area contributed by atoms with Crippen molar-refractivity contribution in [3.05, 3.63) is 77.2 Å². The number of hydrogen-bond acceptors (Lipinski definition) is 9. The summed E-state index contributed by atoms with van der Waals surface area (Å²) in [6.07, 6.45) is 5.73. The molecule has 0 unspecified atom stereocenters. The zero-order valence-corrected chi connectivity index (χ0v) is 28.4. The zero-order valence-electron chi connectivity index (χ0n) is 24.8. The monoisotopic (exact) mass is 646 g/mol. The average Bonchev–Trinajstić information content (AvgIpc) is 3.41. The average molecular weight is 647 g/mol. The van der Waals surface area contributed by atoms with Crippen molar-refractivity contribution in [1.82, 2.24) is 4.57 Å². The molecule has 0 bridgehead atoms. The summed E-state index contributed by atoms with van der Waals surface area (Å²) in [5.41, 5.74) is 4.03. The zero-order chi connectivity index (χ0) is 31.4. The summed E-state index contributed by atoms with van der Waals surface area (Å²) in [6.45, 7) is 13.0. The molecule has 2 heterocycles. The van der Waals surface area contributed by atoms with E-state index in [0.29, 0.717) is 24.3 Å². The molecule has 0 aliphatic carbocycles. The molecule has 4 rings (SSSR count). The van der Waals surface area contributed by atoms with Crippen molar-refractivity contribution in [2.75, 3.05) is 34.4 Å². The maximum absolute atomic E-state index is 11.3. The van der Waals surface area contributed by atoms with Crippen LogP contribution in [0.4, 0.5) is 17.1 Å². The van der Waals surface area contributed by atoms with Gasteiger partial charge in [0.2, 0.25) is 0 Å². The molecule has 0 fully saturated rings. The second kappa shape index (κ2) is 14.7. The van der Waals surface area contributed by atoms with Crippen LogP contribution in [0.15, 0.2) is 54.4 Å². The van der Waals surface area contributed by atoms with E-state index in [0.717, 1.165) is 34.1 Å². The van der Waals surface area contributed by atoms with Gasteiger partial charge in [-0.1, -0.05) is 12.1 Å². The Balaban J connectivity index is 0.00000529. The van der Waals surface area contributed by atoms with E-state index in [2.05, 4.69) is 10.9 Å². The largest absolute Gasteiger partial charge is 1.00 e. The van der Waals surface area contributed by atoms with Crippen LogP contribution in [0.25, 0.3) is 22.0 Å². The molecule has 1 aliphatic heterocycles. The first kappa shape index (κ1) is 35.3. The van der Waals surface area contributed by atoms with Gasteiger partial charge in [-0.3, -0.25) is 0 Å². The third-order valence-corrected chi connectivity index (χ3v) is 8.71. The third-order valence-electron chi connectivity index (χ3n) is 7.14. The first-order chi connectivity index (χ1) is 20.4. The van der Waals surface area contributed by atoms with Gasteiger partial charge in [0.1, 0.15) is 5.82 Å². The summed E-state index contributed by atoms with van der Waals surface area (Å²) in [5, 5.41) is 9.47. The third kappa shape index (κ3) is 8.08. The SMILES string of the molecule is [C-]#[N+]c1ccc2c(c1)n(CCCS(=O)(=O)[O-])c(/C=C/C=C1\N(CC)c3ccc(C#N)cc3N1CCCS(=O)(=O)[O-])[n+]2CC.[Na+]. The first-order valence-electron chi connectivity index (χ1n) is 13.7. The van der Waals surface area contributed by atoms with Crippen molar-refractivity contribution in [2.24, 2.45) is 0 Å². The van der Waals surface area contributed by atoms with Crippen LogP contribution in [0.5, 0.6) is 0 Å². The fourth-order valence-corrected chi connectivity index (χ4v) is 6.33. The van der Waals surface area contributed by atoms with Crippen molar-refractivity contribution in [2.45, 2.75) is 39.8 Å². The minimum absolute atomic E-state index is 0. The Morgan fingerprint density at radius 1 is 0.977 bits per heavy atom. The molecule has 0 spiro atoms. The molecule has 3 aromatic rings. The minimum Gasteiger partial charge on any atom is -0.748 e. The number of allylic oxidation sites excluding steroid dienone is 2. The summed E-state index contributed by atoms with van der Waals surface area (Å²) in [5.74, 6) is 0.422. The van der Waals surface area contributed by atoms with E-state index in [9.17, 15) is 31.2 Å². The van der Waals surface area contributed by atoms with Gasteiger partial charge in [0, 0.05) is 30.7 Å². The van der Waals surface area contributed by atoms with E-state index >= 15 is 0 Å². The standard InChI is InChI=1S/C29H32N6O6S2.Na/c1-4-32-24-13-11-22(21-30)19-26(24)34(15-7-17-42(36,37)38)28(32)9-6-10-29-33(5-2)25-14-12-23(31-3)20-27(25)35(29)16-8-18-43(39,40)41;/h6,9-14,19-20H,4-5,7-8,15-18H2,1-2H3,(H-,36,37,38,39,40,41);/q;+1/p-1. The van der Waals surface area contributed by atoms with Crippen molar-refractivity contribution in [3.63, 3.8) is 0 Å². The molecule has 0 atom stereocenters. The number of fused-ring (bicyclic) bond motifs is 2. The van der Waals surface area contributed by atoms with Crippen molar-refractivity contribution >= 4 is 54.4 Å². The van der Waals surface area contributed by atoms with E-state index in [4.69, 9.17) is 6.57 Å². The van der Waals surface area contributed by atoms with Crippen molar-refractivity contribution in [1.29, 1.82) is 5.26 Å². The van der Waals surface area contributed by atoms with Gasteiger partial charge < -0.3 is 18.9 Å². The van der Waals surface area contributed by atoms with Gasteiger partial charge in [-0.05, 0) is 63.1 Å². The molecule has 0 radical (unpaired) electrons. The number of aryl methyl sites for hydroxylation is 2. The summed E-state index contributed by atoms with van der Waals surface area (Å²) >= 11 is 0. The van der Waals surface area contributed by atoms with E-state index in [-0.39, 0.29) is 55.5 Å². The van der Waals surface area contributed by atoms with E-state index in [1.807, 2.05) is 63.1 Å². The van der Waals surface area contributed by atoms with E-state index < -0.39 is 31.7 Å². The topological polar surface area (TPSA) is 158 Å². The van der Waals surface area contributed by atoms with Crippen LogP contribution in [0.1, 0.15) is 38.1 Å². The molecule has 44 heavy (non-hydrogen) atoms. The van der Waals surface area contributed by atoms with E-state index in [1.165, 1.54) is 0 Å². The minimum atomic E-state index is -4.40. The number of imidazole rings is 1. The summed E-state index contributed by atoms with van der Waals surface area (Å²) in [7, 11) is -8.80. The number of nitriles is 1. The number of hydrogen-bond donors (Lipinski definition) is 0. The van der Waals surface area contributed by atoms with Crippen LogP contribution < -0.4 is 43.9 Å². The number of aromatic nitrogens is 2. The number of rotatable bonds is 12. The van der Waals surface area contributed by atoms with Crippen LogP contribution >= 0.6 is 0 Å². The molecule has 0 saturated carbocycles. The van der Waals surface area contributed by atoms with Crippen LogP contribution in [0.3, 0.4) is 0 Å². The molecule has 12 nitrogen and oxygen atoms in total. The summed E-state index contributed by atoms with van der Waals surface area (Å²) < 4.78 is 71.7. The molecular weight excluding hydrogens is 615 g/mol. The van der Waals surface area contributed by atoms with Gasteiger partial charge in [0.25, 0.3) is 5.82 Å². The van der Waals surface area contributed by atoms with Crippen LogP contribution in [-0.4, -0.2) is 55.1 Å². The molecule has 0 amide bonds. The number of benzene rings is 2. The number of nitrogens with zero attached hydrogens (tertiary/aromatic N) is 6. The van der Waals surface area contributed by atoms with Crippen LogP contribution in [0, 0.1) is 17.9 Å². The van der Waals surface area contributed by atoms with Gasteiger partial charge in [0.15, 0.2) is 16.7 Å². The van der Waals surface area contributed by atoms with Gasteiger partial charge >= 0.3 is 29.6 Å².